The third kappa shape index (κ3) is 2.87. The standard InChI is InChI=1S/C17H19F3N2O2/c18-17(19,20)12-4-1-3-11(9-12)13(23)22-16-6-2-5-15(10-16,7-8-16)14(21)24/h1,3-4,9H,2,5-8,10H2,(H2,21,24)(H,22,23)/t15-,16+/m0/s1. The lowest BCUT2D eigenvalue weighted by atomic mass is 9.72. The van der Waals surface area contributed by atoms with E-state index in [4.69, 9.17) is 5.73 Å². The number of benzene rings is 1. The Morgan fingerprint density at radius 1 is 1.12 bits per heavy atom. The molecule has 0 radical (unpaired) electrons. The van der Waals surface area contributed by atoms with Crippen LogP contribution in [0.15, 0.2) is 24.3 Å². The minimum atomic E-state index is -4.49. The van der Waals surface area contributed by atoms with Crippen LogP contribution < -0.4 is 11.1 Å². The van der Waals surface area contributed by atoms with Crippen molar-refractivity contribution >= 4 is 11.8 Å². The second kappa shape index (κ2) is 5.50. The fourth-order valence-electron chi connectivity index (χ4n) is 4.15. The van der Waals surface area contributed by atoms with Gasteiger partial charge < -0.3 is 11.1 Å². The van der Waals surface area contributed by atoms with Crippen molar-refractivity contribution in [3.8, 4) is 0 Å². The normalized spacial score (nSPS) is 29.3. The summed E-state index contributed by atoms with van der Waals surface area (Å²) >= 11 is 0. The molecular weight excluding hydrogens is 321 g/mol. The molecule has 2 saturated carbocycles. The number of carbonyl (C=O) groups excluding carboxylic acids is 2. The molecule has 0 spiro atoms. The maximum atomic E-state index is 12.8. The molecule has 2 aliphatic rings. The van der Waals surface area contributed by atoms with Gasteiger partial charge in [0.15, 0.2) is 0 Å². The van der Waals surface area contributed by atoms with Gasteiger partial charge in [-0.3, -0.25) is 9.59 Å². The number of amides is 2. The quantitative estimate of drug-likeness (QED) is 0.888. The van der Waals surface area contributed by atoms with Gasteiger partial charge in [-0.05, 0) is 50.3 Å². The van der Waals surface area contributed by atoms with Crippen LogP contribution in [0.5, 0.6) is 0 Å². The van der Waals surface area contributed by atoms with Crippen LogP contribution >= 0.6 is 0 Å². The van der Waals surface area contributed by atoms with Gasteiger partial charge in [0.2, 0.25) is 5.91 Å². The summed E-state index contributed by atoms with van der Waals surface area (Å²) in [5, 5.41) is 2.88. The molecule has 2 aliphatic carbocycles. The van der Waals surface area contributed by atoms with Crippen LogP contribution in [0.25, 0.3) is 0 Å². The van der Waals surface area contributed by atoms with Crippen LogP contribution in [0, 0.1) is 5.41 Å². The topological polar surface area (TPSA) is 72.2 Å². The zero-order chi connectivity index (χ0) is 17.6. The van der Waals surface area contributed by atoms with Crippen LogP contribution in [-0.4, -0.2) is 17.4 Å². The van der Waals surface area contributed by atoms with E-state index >= 15 is 0 Å². The highest BCUT2D eigenvalue weighted by atomic mass is 19.4. The summed E-state index contributed by atoms with van der Waals surface area (Å²) in [5.74, 6) is -0.888. The third-order valence-corrected chi connectivity index (χ3v) is 5.42. The molecule has 0 aromatic heterocycles. The summed E-state index contributed by atoms with van der Waals surface area (Å²) < 4.78 is 38.4. The van der Waals surface area contributed by atoms with Crippen molar-refractivity contribution < 1.29 is 22.8 Å². The molecule has 1 aromatic carbocycles. The fourth-order valence-corrected chi connectivity index (χ4v) is 4.15. The molecule has 2 fully saturated rings. The molecule has 0 aliphatic heterocycles. The maximum absolute atomic E-state index is 12.8. The average molecular weight is 340 g/mol. The van der Waals surface area contributed by atoms with Crippen molar-refractivity contribution in [3.05, 3.63) is 35.4 Å². The van der Waals surface area contributed by atoms with E-state index in [1.54, 1.807) is 0 Å². The van der Waals surface area contributed by atoms with Gasteiger partial charge in [0.25, 0.3) is 5.91 Å². The molecule has 3 rings (SSSR count). The fraction of sp³-hybridized carbons (Fsp3) is 0.529. The first-order chi connectivity index (χ1) is 11.2. The minimum absolute atomic E-state index is 0.0265. The molecular formula is C17H19F3N2O2. The van der Waals surface area contributed by atoms with E-state index in [9.17, 15) is 22.8 Å². The van der Waals surface area contributed by atoms with Crippen molar-refractivity contribution in [2.45, 2.75) is 50.2 Å². The van der Waals surface area contributed by atoms with Crippen molar-refractivity contribution in [3.63, 3.8) is 0 Å². The van der Waals surface area contributed by atoms with Gasteiger partial charge in [0.05, 0.1) is 11.0 Å². The molecule has 4 nitrogen and oxygen atoms in total. The Hall–Kier alpha value is -2.05. The minimum Gasteiger partial charge on any atom is -0.369 e. The van der Waals surface area contributed by atoms with E-state index in [0.29, 0.717) is 32.1 Å². The molecule has 1 aromatic rings. The first kappa shape index (κ1) is 16.8. The van der Waals surface area contributed by atoms with Gasteiger partial charge in [0, 0.05) is 11.1 Å². The molecule has 24 heavy (non-hydrogen) atoms. The van der Waals surface area contributed by atoms with Gasteiger partial charge in [-0.2, -0.15) is 13.2 Å². The predicted octanol–water partition coefficient (Wildman–Crippen LogP) is 3.01. The molecule has 0 heterocycles. The summed E-state index contributed by atoms with van der Waals surface area (Å²) in [6.07, 6.45) is -0.582. The first-order valence-electron chi connectivity index (χ1n) is 7.96. The highest BCUT2D eigenvalue weighted by Gasteiger charge is 2.54. The number of rotatable bonds is 3. The molecule has 130 valence electrons. The number of hydrogen-bond acceptors (Lipinski definition) is 2. The van der Waals surface area contributed by atoms with Gasteiger partial charge in [-0.1, -0.05) is 12.5 Å². The Balaban J connectivity index is 1.80. The lowest BCUT2D eigenvalue weighted by molar-refractivity contribution is -0.137. The highest BCUT2D eigenvalue weighted by molar-refractivity contribution is 5.95. The molecule has 2 amide bonds. The first-order valence-corrected chi connectivity index (χ1v) is 7.96. The number of nitrogens with two attached hydrogens (primary N) is 1. The predicted molar refractivity (Wildman–Crippen MR) is 81.0 cm³/mol. The smallest absolute Gasteiger partial charge is 0.369 e. The summed E-state index contributed by atoms with van der Waals surface area (Å²) in [6.45, 7) is 0. The van der Waals surface area contributed by atoms with E-state index < -0.39 is 28.6 Å². The zero-order valence-electron chi connectivity index (χ0n) is 13.1. The average Bonchev–Trinajstić information content (AvgIpc) is 2.78. The monoisotopic (exact) mass is 340 g/mol. The number of fused-ring (bicyclic) bond motifs is 2. The largest absolute Gasteiger partial charge is 0.416 e. The third-order valence-electron chi connectivity index (χ3n) is 5.42. The van der Waals surface area contributed by atoms with Crippen molar-refractivity contribution in [1.82, 2.24) is 5.32 Å². The van der Waals surface area contributed by atoms with Gasteiger partial charge in [0.1, 0.15) is 0 Å². The number of halogens is 3. The SMILES string of the molecule is NC(=O)[C@@]12CCC[C@@](NC(=O)c3cccc(C(F)(F)F)c3)(CC1)C2. The van der Waals surface area contributed by atoms with Gasteiger partial charge >= 0.3 is 6.18 Å². The lowest BCUT2D eigenvalue weighted by Gasteiger charge is -2.38. The van der Waals surface area contributed by atoms with Crippen LogP contribution in [0.1, 0.15) is 54.4 Å². The zero-order valence-corrected chi connectivity index (χ0v) is 13.1. The van der Waals surface area contributed by atoms with Crippen molar-refractivity contribution in [1.29, 1.82) is 0 Å². The summed E-state index contributed by atoms with van der Waals surface area (Å²) in [7, 11) is 0. The number of carbonyl (C=O) groups is 2. The van der Waals surface area contributed by atoms with E-state index in [1.807, 2.05) is 0 Å². The van der Waals surface area contributed by atoms with Crippen molar-refractivity contribution in [2.75, 3.05) is 0 Å². The number of hydrogen-bond donors (Lipinski definition) is 2. The van der Waals surface area contributed by atoms with E-state index in [2.05, 4.69) is 5.32 Å². The second-order valence-electron chi connectivity index (χ2n) is 6.99. The molecule has 2 atom stereocenters. The summed E-state index contributed by atoms with van der Waals surface area (Å²) in [5.41, 5.74) is 3.53. The lowest BCUT2D eigenvalue weighted by Crippen LogP contribution is -2.51. The highest BCUT2D eigenvalue weighted by Crippen LogP contribution is 2.53. The molecule has 0 unspecified atom stereocenters. The van der Waals surface area contributed by atoms with Crippen molar-refractivity contribution in [2.24, 2.45) is 11.1 Å². The Labute approximate surface area is 137 Å². The van der Waals surface area contributed by atoms with E-state index in [-0.39, 0.29) is 11.5 Å². The summed E-state index contributed by atoms with van der Waals surface area (Å²) in [6, 6.07) is 4.37. The van der Waals surface area contributed by atoms with Crippen LogP contribution in [0.3, 0.4) is 0 Å². The number of nitrogens with one attached hydrogen (secondary N) is 1. The van der Waals surface area contributed by atoms with Gasteiger partial charge in [-0.15, -0.1) is 0 Å². The molecule has 2 bridgehead atoms. The molecule has 3 N–H and O–H groups in total. The number of alkyl halides is 3. The van der Waals surface area contributed by atoms with Crippen LogP contribution in [0.4, 0.5) is 13.2 Å². The molecule has 7 heteroatoms. The Morgan fingerprint density at radius 3 is 2.54 bits per heavy atom. The van der Waals surface area contributed by atoms with Crippen LogP contribution in [-0.2, 0) is 11.0 Å². The number of primary amides is 1. The maximum Gasteiger partial charge on any atom is 0.416 e. The van der Waals surface area contributed by atoms with Gasteiger partial charge in [-0.25, -0.2) is 0 Å². The Kier molecular flexibility index (Phi) is 3.85. The Morgan fingerprint density at radius 2 is 1.88 bits per heavy atom. The molecule has 0 saturated heterocycles. The van der Waals surface area contributed by atoms with E-state index in [0.717, 1.165) is 18.6 Å². The summed E-state index contributed by atoms with van der Waals surface area (Å²) in [4.78, 5) is 24.2. The van der Waals surface area contributed by atoms with Crippen LogP contribution in [0.2, 0.25) is 0 Å². The second-order valence-corrected chi connectivity index (χ2v) is 6.99. The Bertz CT molecular complexity index is 689. The van der Waals surface area contributed by atoms with E-state index in [1.165, 1.54) is 12.1 Å².